The summed E-state index contributed by atoms with van der Waals surface area (Å²) in [4.78, 5) is 7.61. The number of likely N-dealkylation sites (tertiary alicyclic amines) is 1. The first-order valence-corrected chi connectivity index (χ1v) is 13.0. The Kier molecular flexibility index (Phi) is 5.94. The molecule has 0 bridgehead atoms. The van der Waals surface area contributed by atoms with Crippen LogP contribution in [0, 0.1) is 5.92 Å². The molecule has 2 aliphatic rings. The summed E-state index contributed by atoms with van der Waals surface area (Å²) in [7, 11) is 0. The molecule has 2 aliphatic heterocycles. The van der Waals surface area contributed by atoms with Gasteiger partial charge in [-0.3, -0.25) is 4.90 Å². The maximum Gasteiger partial charge on any atom is 0.150 e. The second-order valence-corrected chi connectivity index (χ2v) is 10.8. The molecule has 35 heavy (non-hydrogen) atoms. The Hall–Kier alpha value is -2.96. The molecule has 2 fully saturated rings. The van der Waals surface area contributed by atoms with Gasteiger partial charge >= 0.3 is 0 Å². The van der Waals surface area contributed by atoms with Crippen LogP contribution in [0.25, 0.3) is 22.3 Å². The molecule has 6 rings (SSSR count). The molecule has 1 aromatic carbocycles. The van der Waals surface area contributed by atoms with Crippen LogP contribution in [0.5, 0.6) is 0 Å². The van der Waals surface area contributed by atoms with Crippen molar-refractivity contribution >= 4 is 11.0 Å². The summed E-state index contributed by atoms with van der Waals surface area (Å²) < 4.78 is 10.2. The lowest BCUT2D eigenvalue weighted by atomic mass is 9.96. The fourth-order valence-corrected chi connectivity index (χ4v) is 5.90. The molecule has 2 saturated heterocycles. The van der Waals surface area contributed by atoms with Crippen molar-refractivity contribution in [2.75, 3.05) is 13.2 Å². The van der Waals surface area contributed by atoms with Crippen molar-refractivity contribution in [3.63, 3.8) is 0 Å². The number of fused-ring (bicyclic) bond motifs is 1. The van der Waals surface area contributed by atoms with E-state index >= 15 is 0 Å². The number of ether oxygens (including phenoxy) is 1. The second-order valence-electron chi connectivity index (χ2n) is 10.8. The third-order valence-electron chi connectivity index (χ3n) is 7.77. The highest BCUT2D eigenvalue weighted by atomic mass is 16.5. The van der Waals surface area contributed by atoms with Crippen molar-refractivity contribution < 1.29 is 4.74 Å². The molecule has 3 aromatic heterocycles. The fourth-order valence-electron chi connectivity index (χ4n) is 5.90. The molecular formula is C29H35N5O. The van der Waals surface area contributed by atoms with E-state index in [4.69, 9.17) is 9.72 Å². The Balaban J connectivity index is 1.16. The Bertz CT molecular complexity index is 1280. The van der Waals surface area contributed by atoms with Crippen molar-refractivity contribution in [3.05, 3.63) is 72.7 Å². The minimum absolute atomic E-state index is 0.0550. The zero-order valence-corrected chi connectivity index (χ0v) is 20.8. The van der Waals surface area contributed by atoms with Crippen LogP contribution in [0.2, 0.25) is 0 Å². The van der Waals surface area contributed by atoms with Gasteiger partial charge in [-0.25, -0.2) is 9.67 Å². The smallest absolute Gasteiger partial charge is 0.150 e. The minimum atomic E-state index is 0.0550. The molecule has 182 valence electrons. The van der Waals surface area contributed by atoms with Gasteiger partial charge in [0.25, 0.3) is 0 Å². The summed E-state index contributed by atoms with van der Waals surface area (Å²) in [5, 5.41) is 4.56. The zero-order chi connectivity index (χ0) is 23.8. The lowest BCUT2D eigenvalue weighted by Crippen LogP contribution is -2.37. The normalized spacial score (nSPS) is 22.7. The molecule has 4 aromatic rings. The van der Waals surface area contributed by atoms with E-state index in [1.165, 1.54) is 23.9 Å². The monoisotopic (exact) mass is 469 g/mol. The van der Waals surface area contributed by atoms with Crippen LogP contribution in [-0.2, 0) is 17.8 Å². The first-order chi connectivity index (χ1) is 17.0. The molecule has 6 heteroatoms. The highest BCUT2D eigenvalue weighted by Gasteiger charge is 2.38. The molecule has 0 radical (unpaired) electrons. The van der Waals surface area contributed by atoms with Crippen LogP contribution in [0.15, 0.2) is 67.1 Å². The van der Waals surface area contributed by atoms with Gasteiger partial charge in [-0.05, 0) is 69.2 Å². The maximum atomic E-state index is 5.88. The highest BCUT2D eigenvalue weighted by molar-refractivity contribution is 5.79. The predicted molar refractivity (Wildman–Crippen MR) is 139 cm³/mol. The van der Waals surface area contributed by atoms with E-state index in [0.717, 1.165) is 55.9 Å². The van der Waals surface area contributed by atoms with Crippen LogP contribution < -0.4 is 0 Å². The Labute approximate surface area is 207 Å². The van der Waals surface area contributed by atoms with E-state index in [-0.39, 0.29) is 11.8 Å². The largest absolute Gasteiger partial charge is 0.357 e. The van der Waals surface area contributed by atoms with Gasteiger partial charge < -0.3 is 9.30 Å². The van der Waals surface area contributed by atoms with Gasteiger partial charge in [-0.2, -0.15) is 5.10 Å². The fraction of sp³-hybridized carbons (Fsp3) is 0.448. The van der Waals surface area contributed by atoms with Crippen molar-refractivity contribution in [2.45, 2.75) is 64.4 Å². The van der Waals surface area contributed by atoms with Crippen molar-refractivity contribution in [1.29, 1.82) is 0 Å². The molecule has 2 atom stereocenters. The minimum Gasteiger partial charge on any atom is -0.357 e. The quantitative estimate of drug-likeness (QED) is 0.353. The number of rotatable bonds is 6. The number of pyridine rings is 1. The van der Waals surface area contributed by atoms with Gasteiger partial charge in [0.05, 0.1) is 22.9 Å². The van der Waals surface area contributed by atoms with Crippen LogP contribution in [0.4, 0.5) is 0 Å². The summed E-state index contributed by atoms with van der Waals surface area (Å²) in [6.45, 7) is 8.75. The molecule has 2 unspecified atom stereocenters. The van der Waals surface area contributed by atoms with Gasteiger partial charge in [0.2, 0.25) is 0 Å². The van der Waals surface area contributed by atoms with E-state index in [2.05, 4.69) is 89.3 Å². The summed E-state index contributed by atoms with van der Waals surface area (Å²) in [6, 6.07) is 17.3. The SMILES string of the molecule is CC1(C)CC(Cn2ccc3nc(-c4cnn(C5CCCCO5)c4)ccc32)CN1Cc1ccccc1. The first kappa shape index (κ1) is 22.5. The third-order valence-corrected chi connectivity index (χ3v) is 7.77. The third kappa shape index (κ3) is 4.65. The number of aromatic nitrogens is 4. The van der Waals surface area contributed by atoms with E-state index in [1.54, 1.807) is 0 Å². The van der Waals surface area contributed by atoms with E-state index < -0.39 is 0 Å². The van der Waals surface area contributed by atoms with Gasteiger partial charge in [-0.1, -0.05) is 30.3 Å². The molecule has 0 spiro atoms. The molecule has 6 nitrogen and oxygen atoms in total. The van der Waals surface area contributed by atoms with Gasteiger partial charge in [-0.15, -0.1) is 0 Å². The highest BCUT2D eigenvalue weighted by Crippen LogP contribution is 2.35. The molecule has 0 saturated carbocycles. The standard InChI is InChI=1S/C29H35N5O/c1-29(2)16-23(20-33(29)19-22-8-4-3-5-9-22)18-32-14-13-26-27(32)12-11-25(31-26)24-17-30-34(21-24)28-10-6-7-15-35-28/h3-5,8-9,11-14,17,21,23,28H,6-7,10,15-16,18-20H2,1-2H3. The van der Waals surface area contributed by atoms with Gasteiger partial charge in [0.15, 0.2) is 0 Å². The molecular weight excluding hydrogens is 434 g/mol. The van der Waals surface area contributed by atoms with E-state index in [1.807, 2.05) is 10.9 Å². The lowest BCUT2D eigenvalue weighted by molar-refractivity contribution is -0.0394. The first-order valence-electron chi connectivity index (χ1n) is 13.0. The van der Waals surface area contributed by atoms with Crippen molar-refractivity contribution in [2.24, 2.45) is 5.92 Å². The molecule has 0 N–H and O–H groups in total. The van der Waals surface area contributed by atoms with Crippen LogP contribution in [0.1, 0.15) is 51.3 Å². The topological polar surface area (TPSA) is 48.1 Å². The summed E-state index contributed by atoms with van der Waals surface area (Å²) in [6.07, 6.45) is 10.8. The predicted octanol–water partition coefficient (Wildman–Crippen LogP) is 5.90. The molecule has 0 amide bonds. The molecule has 5 heterocycles. The van der Waals surface area contributed by atoms with Crippen molar-refractivity contribution in [1.82, 2.24) is 24.2 Å². The van der Waals surface area contributed by atoms with Crippen LogP contribution in [-0.4, -0.2) is 42.9 Å². The average molecular weight is 470 g/mol. The second kappa shape index (κ2) is 9.25. The number of hydrogen-bond donors (Lipinski definition) is 0. The summed E-state index contributed by atoms with van der Waals surface area (Å²) in [5.41, 5.74) is 5.86. The Morgan fingerprint density at radius 3 is 2.77 bits per heavy atom. The summed E-state index contributed by atoms with van der Waals surface area (Å²) >= 11 is 0. The Morgan fingerprint density at radius 1 is 1.06 bits per heavy atom. The van der Waals surface area contributed by atoms with E-state index in [0.29, 0.717) is 5.92 Å². The maximum absolute atomic E-state index is 5.88. The lowest BCUT2D eigenvalue weighted by Gasteiger charge is -2.31. The van der Waals surface area contributed by atoms with Crippen LogP contribution >= 0.6 is 0 Å². The van der Waals surface area contributed by atoms with Gasteiger partial charge in [0, 0.05) is 49.7 Å². The Morgan fingerprint density at radius 2 is 1.94 bits per heavy atom. The van der Waals surface area contributed by atoms with Crippen LogP contribution in [0.3, 0.4) is 0 Å². The van der Waals surface area contributed by atoms with Crippen molar-refractivity contribution in [3.8, 4) is 11.3 Å². The summed E-state index contributed by atoms with van der Waals surface area (Å²) in [5.74, 6) is 0.623. The molecule has 0 aliphatic carbocycles. The van der Waals surface area contributed by atoms with E-state index in [9.17, 15) is 0 Å². The number of nitrogens with zero attached hydrogens (tertiary/aromatic N) is 5. The van der Waals surface area contributed by atoms with Gasteiger partial charge in [0.1, 0.15) is 6.23 Å². The number of hydrogen-bond acceptors (Lipinski definition) is 4. The number of benzene rings is 1. The average Bonchev–Trinajstić information content (AvgIpc) is 3.58. The zero-order valence-electron chi connectivity index (χ0n) is 20.8.